The predicted molar refractivity (Wildman–Crippen MR) is 84.8 cm³/mol. The van der Waals surface area contributed by atoms with Crippen LogP contribution in [-0.4, -0.2) is 17.3 Å². The van der Waals surface area contributed by atoms with Crippen molar-refractivity contribution in [1.29, 1.82) is 0 Å². The second kappa shape index (κ2) is 6.39. The van der Waals surface area contributed by atoms with Gasteiger partial charge in [0.05, 0.1) is 19.0 Å². The molecule has 0 spiro atoms. The predicted octanol–water partition coefficient (Wildman–Crippen LogP) is 4.69. The van der Waals surface area contributed by atoms with E-state index in [1.54, 1.807) is 19.2 Å². The minimum absolute atomic E-state index is 0.00777. The third-order valence-electron chi connectivity index (χ3n) is 3.79. The zero-order chi connectivity index (χ0) is 17.2. The van der Waals surface area contributed by atoms with Crippen LogP contribution in [0.15, 0.2) is 54.7 Å². The Labute approximate surface area is 137 Å². The van der Waals surface area contributed by atoms with E-state index in [1.165, 1.54) is 0 Å². The summed E-state index contributed by atoms with van der Waals surface area (Å²) < 4.78 is 44.5. The van der Waals surface area contributed by atoms with Crippen LogP contribution < -0.4 is 4.74 Å². The van der Waals surface area contributed by atoms with Crippen molar-refractivity contribution in [3.05, 3.63) is 71.4 Å². The van der Waals surface area contributed by atoms with Gasteiger partial charge in [0.1, 0.15) is 11.3 Å². The first kappa shape index (κ1) is 16.1. The molecule has 0 aliphatic carbocycles. The number of benzene rings is 2. The molecule has 1 heterocycles. The Morgan fingerprint density at radius 1 is 1.04 bits per heavy atom. The maximum Gasteiger partial charge on any atom is 0.420 e. The Balaban J connectivity index is 1.98. The van der Waals surface area contributed by atoms with Gasteiger partial charge in [-0.2, -0.15) is 18.3 Å². The molecule has 0 bridgehead atoms. The number of H-pyrrole nitrogens is 1. The molecule has 0 aliphatic heterocycles. The minimum atomic E-state index is -4.45. The standard InChI is InChI=1S/C18H15F3N2O/c1-24-14-8-6-12(7-9-14)10-13-4-2-3-5-15(13)17-16(11-22-23-17)18(19,20)21/h2-9,11H,10H2,1H3,(H,22,23). The van der Waals surface area contributed by atoms with Crippen molar-refractivity contribution in [2.75, 3.05) is 7.11 Å². The molecule has 3 rings (SSSR count). The molecule has 124 valence electrons. The number of hydrogen-bond donors (Lipinski definition) is 1. The third-order valence-corrected chi connectivity index (χ3v) is 3.79. The Kier molecular flexibility index (Phi) is 4.29. The summed E-state index contributed by atoms with van der Waals surface area (Å²) in [5, 5.41) is 6.06. The van der Waals surface area contributed by atoms with Crippen molar-refractivity contribution in [2.24, 2.45) is 0 Å². The molecule has 0 unspecified atom stereocenters. The number of ether oxygens (including phenoxy) is 1. The molecule has 0 saturated carbocycles. The number of halogens is 3. The number of hydrogen-bond acceptors (Lipinski definition) is 2. The summed E-state index contributed by atoms with van der Waals surface area (Å²) >= 11 is 0. The van der Waals surface area contributed by atoms with Crippen LogP contribution in [0.5, 0.6) is 5.75 Å². The zero-order valence-electron chi connectivity index (χ0n) is 12.9. The Morgan fingerprint density at radius 2 is 1.75 bits per heavy atom. The van der Waals surface area contributed by atoms with Gasteiger partial charge in [0.15, 0.2) is 0 Å². The van der Waals surface area contributed by atoms with E-state index in [0.717, 1.165) is 23.1 Å². The van der Waals surface area contributed by atoms with Crippen molar-refractivity contribution in [3.63, 3.8) is 0 Å². The first-order valence-electron chi connectivity index (χ1n) is 7.31. The smallest absolute Gasteiger partial charge is 0.420 e. The van der Waals surface area contributed by atoms with Crippen molar-refractivity contribution >= 4 is 0 Å². The summed E-state index contributed by atoms with van der Waals surface area (Å²) in [6.07, 6.45) is -3.12. The molecule has 0 atom stereocenters. The maximum absolute atomic E-state index is 13.1. The number of aromatic amines is 1. The fourth-order valence-electron chi connectivity index (χ4n) is 2.59. The van der Waals surface area contributed by atoms with E-state index in [1.807, 2.05) is 36.4 Å². The molecule has 24 heavy (non-hydrogen) atoms. The van der Waals surface area contributed by atoms with E-state index in [4.69, 9.17) is 4.74 Å². The van der Waals surface area contributed by atoms with E-state index in [-0.39, 0.29) is 5.69 Å². The molecule has 0 saturated heterocycles. The normalized spacial score (nSPS) is 11.5. The van der Waals surface area contributed by atoms with Gasteiger partial charge in [0.2, 0.25) is 0 Å². The Bertz CT molecular complexity index is 823. The van der Waals surface area contributed by atoms with Crippen molar-refractivity contribution in [3.8, 4) is 17.0 Å². The van der Waals surface area contributed by atoms with Crippen LogP contribution in [0.4, 0.5) is 13.2 Å². The number of nitrogens with one attached hydrogen (secondary N) is 1. The van der Waals surface area contributed by atoms with Crippen LogP contribution in [-0.2, 0) is 12.6 Å². The first-order valence-corrected chi connectivity index (χ1v) is 7.31. The van der Waals surface area contributed by atoms with Gasteiger partial charge < -0.3 is 4.74 Å². The van der Waals surface area contributed by atoms with Crippen LogP contribution in [0, 0.1) is 0 Å². The topological polar surface area (TPSA) is 37.9 Å². The van der Waals surface area contributed by atoms with Crippen LogP contribution in [0.3, 0.4) is 0 Å². The fourth-order valence-corrected chi connectivity index (χ4v) is 2.59. The highest BCUT2D eigenvalue weighted by atomic mass is 19.4. The molecule has 1 N–H and O–H groups in total. The SMILES string of the molecule is COc1ccc(Cc2ccccc2-c2[nH]ncc2C(F)(F)F)cc1. The van der Waals surface area contributed by atoms with Gasteiger partial charge in [-0.1, -0.05) is 36.4 Å². The quantitative estimate of drug-likeness (QED) is 0.752. The van der Waals surface area contributed by atoms with Gasteiger partial charge in [-0.15, -0.1) is 0 Å². The van der Waals surface area contributed by atoms with Crippen LogP contribution in [0.1, 0.15) is 16.7 Å². The average molecular weight is 332 g/mol. The lowest BCUT2D eigenvalue weighted by atomic mass is 9.96. The summed E-state index contributed by atoms with van der Waals surface area (Å²) in [6.45, 7) is 0. The highest BCUT2D eigenvalue weighted by Crippen LogP contribution is 2.37. The molecule has 0 amide bonds. The van der Waals surface area contributed by atoms with Gasteiger partial charge in [-0.3, -0.25) is 5.10 Å². The third kappa shape index (κ3) is 3.27. The van der Waals surface area contributed by atoms with Crippen molar-refractivity contribution in [2.45, 2.75) is 12.6 Å². The molecule has 0 radical (unpaired) electrons. The molecular formula is C18H15F3N2O. The van der Waals surface area contributed by atoms with Gasteiger partial charge in [0, 0.05) is 5.56 Å². The second-order valence-corrected chi connectivity index (χ2v) is 5.34. The van der Waals surface area contributed by atoms with Crippen LogP contribution >= 0.6 is 0 Å². The van der Waals surface area contributed by atoms with E-state index in [9.17, 15) is 13.2 Å². The molecule has 0 aliphatic rings. The maximum atomic E-state index is 13.1. The molecule has 0 fully saturated rings. The van der Waals surface area contributed by atoms with E-state index in [2.05, 4.69) is 10.2 Å². The second-order valence-electron chi connectivity index (χ2n) is 5.34. The lowest BCUT2D eigenvalue weighted by molar-refractivity contribution is -0.137. The largest absolute Gasteiger partial charge is 0.497 e. The zero-order valence-corrected chi connectivity index (χ0v) is 12.9. The molecule has 6 heteroatoms. The summed E-state index contributed by atoms with van der Waals surface area (Å²) in [6, 6.07) is 14.5. The molecule has 2 aromatic carbocycles. The summed E-state index contributed by atoms with van der Waals surface area (Å²) in [7, 11) is 1.58. The van der Waals surface area contributed by atoms with Crippen LogP contribution in [0.25, 0.3) is 11.3 Å². The molecular weight excluding hydrogens is 317 g/mol. The summed E-state index contributed by atoms with van der Waals surface area (Å²) in [4.78, 5) is 0. The molecule has 3 nitrogen and oxygen atoms in total. The number of aromatic nitrogens is 2. The molecule has 1 aromatic heterocycles. The van der Waals surface area contributed by atoms with Gasteiger partial charge in [0.25, 0.3) is 0 Å². The van der Waals surface area contributed by atoms with E-state index in [0.29, 0.717) is 12.0 Å². The summed E-state index contributed by atoms with van der Waals surface area (Å²) in [5.41, 5.74) is 1.50. The minimum Gasteiger partial charge on any atom is -0.497 e. The Morgan fingerprint density at radius 3 is 2.42 bits per heavy atom. The lowest BCUT2D eigenvalue weighted by Gasteiger charge is -2.12. The van der Waals surface area contributed by atoms with Crippen LogP contribution in [0.2, 0.25) is 0 Å². The van der Waals surface area contributed by atoms with Gasteiger partial charge in [-0.25, -0.2) is 0 Å². The highest BCUT2D eigenvalue weighted by molar-refractivity contribution is 5.67. The summed E-state index contributed by atoms with van der Waals surface area (Å²) in [5.74, 6) is 0.736. The van der Waals surface area contributed by atoms with Crippen molar-refractivity contribution in [1.82, 2.24) is 10.2 Å². The van der Waals surface area contributed by atoms with E-state index >= 15 is 0 Å². The monoisotopic (exact) mass is 332 g/mol. The lowest BCUT2D eigenvalue weighted by Crippen LogP contribution is -2.06. The molecule has 3 aromatic rings. The first-order chi connectivity index (χ1) is 11.5. The Hall–Kier alpha value is -2.76. The number of rotatable bonds is 4. The fraction of sp³-hybridized carbons (Fsp3) is 0.167. The highest BCUT2D eigenvalue weighted by Gasteiger charge is 2.35. The number of nitrogens with zero attached hydrogens (tertiary/aromatic N) is 1. The van der Waals surface area contributed by atoms with Gasteiger partial charge in [-0.05, 0) is 29.7 Å². The van der Waals surface area contributed by atoms with Gasteiger partial charge >= 0.3 is 6.18 Å². The van der Waals surface area contributed by atoms with Crippen molar-refractivity contribution < 1.29 is 17.9 Å². The average Bonchev–Trinajstić information content (AvgIpc) is 3.06. The number of methoxy groups -OCH3 is 1. The number of alkyl halides is 3. The van der Waals surface area contributed by atoms with E-state index < -0.39 is 11.7 Å².